The zero-order valence-electron chi connectivity index (χ0n) is 13.3. The maximum atomic E-state index is 11.9. The highest BCUT2D eigenvalue weighted by atomic mass is 16.2. The third-order valence-electron chi connectivity index (χ3n) is 3.15. The van der Waals surface area contributed by atoms with E-state index in [0.29, 0.717) is 0 Å². The van der Waals surface area contributed by atoms with Gasteiger partial charge in [0.05, 0.1) is 6.54 Å². The lowest BCUT2D eigenvalue weighted by atomic mass is 10.2. The molecule has 2 rings (SSSR count). The molecule has 6 heteroatoms. The molecule has 1 N–H and O–H groups in total. The Balaban J connectivity index is 1.93. The maximum Gasteiger partial charge on any atom is 0.272 e. The lowest BCUT2D eigenvalue weighted by Crippen LogP contribution is -2.28. The third kappa shape index (κ3) is 4.45. The number of benzene rings is 1. The van der Waals surface area contributed by atoms with Crippen molar-refractivity contribution in [3.05, 3.63) is 58.0 Å². The minimum Gasteiger partial charge on any atom is -0.378 e. The highest BCUT2D eigenvalue weighted by molar-refractivity contribution is 5.92. The molecule has 1 amide bonds. The summed E-state index contributed by atoms with van der Waals surface area (Å²) in [7, 11) is 5.45. The smallest absolute Gasteiger partial charge is 0.272 e. The molecule has 1 heterocycles. The molecule has 2 aromatic rings. The Morgan fingerprint density at radius 2 is 1.91 bits per heavy atom. The van der Waals surface area contributed by atoms with Crippen LogP contribution in [0.4, 0.5) is 5.69 Å². The van der Waals surface area contributed by atoms with E-state index >= 15 is 0 Å². The van der Waals surface area contributed by atoms with Crippen molar-refractivity contribution < 1.29 is 4.79 Å². The number of hydrogen-bond acceptors (Lipinski definition) is 4. The van der Waals surface area contributed by atoms with E-state index in [1.165, 1.54) is 19.2 Å². The van der Waals surface area contributed by atoms with Gasteiger partial charge in [-0.1, -0.05) is 11.8 Å². The second-order valence-corrected chi connectivity index (χ2v) is 5.11. The fourth-order valence-electron chi connectivity index (χ4n) is 1.83. The summed E-state index contributed by atoms with van der Waals surface area (Å²) in [5.74, 6) is 5.50. The Labute approximate surface area is 134 Å². The van der Waals surface area contributed by atoms with Crippen molar-refractivity contribution in [3.63, 3.8) is 0 Å². The average Bonchev–Trinajstić information content (AvgIpc) is 2.54. The minimum absolute atomic E-state index is 0.184. The zero-order chi connectivity index (χ0) is 16.8. The molecule has 0 aliphatic rings. The van der Waals surface area contributed by atoms with Gasteiger partial charge in [-0.15, -0.1) is 0 Å². The SMILES string of the molecule is CN(C)c1ccc(C#CCNC(=O)c2ccc(=O)n(C)n2)cc1. The highest BCUT2D eigenvalue weighted by Crippen LogP contribution is 2.11. The van der Waals surface area contributed by atoms with Gasteiger partial charge in [0.1, 0.15) is 5.69 Å². The van der Waals surface area contributed by atoms with Crippen LogP contribution in [0.2, 0.25) is 0 Å². The van der Waals surface area contributed by atoms with E-state index in [1.807, 2.05) is 43.3 Å². The van der Waals surface area contributed by atoms with Crippen LogP contribution < -0.4 is 15.8 Å². The molecule has 0 unspecified atom stereocenters. The van der Waals surface area contributed by atoms with Crippen LogP contribution in [-0.4, -0.2) is 36.3 Å². The van der Waals surface area contributed by atoms with E-state index in [4.69, 9.17) is 0 Å². The molecule has 0 atom stereocenters. The minimum atomic E-state index is -0.363. The molecule has 0 saturated heterocycles. The van der Waals surface area contributed by atoms with Gasteiger partial charge in [0.2, 0.25) is 0 Å². The van der Waals surface area contributed by atoms with Gasteiger partial charge in [0, 0.05) is 38.5 Å². The van der Waals surface area contributed by atoms with Crippen LogP contribution >= 0.6 is 0 Å². The number of amides is 1. The van der Waals surface area contributed by atoms with E-state index in [0.717, 1.165) is 15.9 Å². The quantitative estimate of drug-likeness (QED) is 0.844. The lowest BCUT2D eigenvalue weighted by molar-refractivity contribution is 0.0951. The van der Waals surface area contributed by atoms with Crippen LogP contribution in [0.1, 0.15) is 16.1 Å². The van der Waals surface area contributed by atoms with Gasteiger partial charge in [-0.25, -0.2) is 4.68 Å². The van der Waals surface area contributed by atoms with Crippen molar-refractivity contribution in [2.75, 3.05) is 25.5 Å². The summed E-state index contributed by atoms with van der Waals surface area (Å²) >= 11 is 0. The first kappa shape index (κ1) is 16.3. The Hall–Kier alpha value is -3.07. The van der Waals surface area contributed by atoms with Gasteiger partial charge < -0.3 is 10.2 Å². The molecule has 0 aliphatic carbocycles. The van der Waals surface area contributed by atoms with Gasteiger partial charge in [-0.2, -0.15) is 5.10 Å². The molecular formula is C17H18N4O2. The number of aromatic nitrogens is 2. The van der Waals surface area contributed by atoms with Gasteiger partial charge in [-0.3, -0.25) is 9.59 Å². The molecule has 0 fully saturated rings. The van der Waals surface area contributed by atoms with Gasteiger partial charge in [-0.05, 0) is 30.3 Å². The molecule has 0 bridgehead atoms. The summed E-state index contributed by atoms with van der Waals surface area (Å²) in [5, 5.41) is 6.52. The Bertz CT molecular complexity index is 811. The standard InChI is InChI=1S/C17H18N4O2/c1-20(2)14-8-6-13(7-9-14)5-4-12-18-17(23)15-10-11-16(22)21(3)19-15/h6-11H,12H2,1-3H3,(H,18,23). The van der Waals surface area contributed by atoms with Gasteiger partial charge in [0.15, 0.2) is 0 Å². The molecule has 0 aliphatic heterocycles. The van der Waals surface area contributed by atoms with Crippen LogP contribution in [0.5, 0.6) is 0 Å². The van der Waals surface area contributed by atoms with E-state index in [2.05, 4.69) is 22.3 Å². The highest BCUT2D eigenvalue weighted by Gasteiger charge is 2.06. The van der Waals surface area contributed by atoms with Crippen molar-refractivity contribution in [2.24, 2.45) is 7.05 Å². The van der Waals surface area contributed by atoms with Gasteiger partial charge in [0.25, 0.3) is 11.5 Å². The zero-order valence-corrected chi connectivity index (χ0v) is 13.3. The van der Waals surface area contributed by atoms with Crippen LogP contribution in [0.25, 0.3) is 0 Å². The molecule has 118 valence electrons. The fourth-order valence-corrected chi connectivity index (χ4v) is 1.83. The Kier molecular flexibility index (Phi) is 5.15. The predicted octanol–water partition coefficient (Wildman–Crippen LogP) is 0.628. The summed E-state index contributed by atoms with van der Waals surface area (Å²) in [6.45, 7) is 0.207. The van der Waals surface area contributed by atoms with E-state index in [9.17, 15) is 9.59 Å². The van der Waals surface area contributed by atoms with E-state index in [1.54, 1.807) is 0 Å². The fraction of sp³-hybridized carbons (Fsp3) is 0.235. The Morgan fingerprint density at radius 1 is 1.22 bits per heavy atom. The average molecular weight is 310 g/mol. The first-order valence-corrected chi connectivity index (χ1v) is 7.06. The molecule has 0 radical (unpaired) electrons. The van der Waals surface area contributed by atoms with Crippen molar-refractivity contribution >= 4 is 11.6 Å². The number of nitrogens with zero attached hydrogens (tertiary/aromatic N) is 3. The number of carbonyl (C=O) groups is 1. The third-order valence-corrected chi connectivity index (χ3v) is 3.15. The second kappa shape index (κ2) is 7.27. The van der Waals surface area contributed by atoms with Crippen LogP contribution in [0.3, 0.4) is 0 Å². The molecule has 1 aromatic heterocycles. The number of anilines is 1. The first-order valence-electron chi connectivity index (χ1n) is 7.06. The summed E-state index contributed by atoms with van der Waals surface area (Å²) in [6, 6.07) is 10.5. The normalized spacial score (nSPS) is 9.70. The molecule has 0 saturated carbocycles. The van der Waals surface area contributed by atoms with E-state index in [-0.39, 0.29) is 23.7 Å². The molecule has 0 spiro atoms. The van der Waals surface area contributed by atoms with Crippen molar-refractivity contribution in [2.45, 2.75) is 0 Å². The lowest BCUT2D eigenvalue weighted by Gasteiger charge is -2.11. The monoisotopic (exact) mass is 310 g/mol. The largest absolute Gasteiger partial charge is 0.378 e. The van der Waals surface area contributed by atoms with Crippen molar-refractivity contribution in [1.29, 1.82) is 0 Å². The Morgan fingerprint density at radius 3 is 2.52 bits per heavy atom. The number of carbonyl (C=O) groups excluding carboxylic acids is 1. The predicted molar refractivity (Wildman–Crippen MR) is 89.5 cm³/mol. The topological polar surface area (TPSA) is 67.2 Å². The number of nitrogens with one attached hydrogen (secondary N) is 1. The number of rotatable bonds is 3. The van der Waals surface area contributed by atoms with Crippen molar-refractivity contribution in [3.8, 4) is 11.8 Å². The second-order valence-electron chi connectivity index (χ2n) is 5.11. The molecular weight excluding hydrogens is 292 g/mol. The molecule has 23 heavy (non-hydrogen) atoms. The summed E-state index contributed by atoms with van der Waals surface area (Å²) in [5.41, 5.74) is 1.90. The van der Waals surface area contributed by atoms with Crippen LogP contribution in [0.15, 0.2) is 41.2 Å². The van der Waals surface area contributed by atoms with Crippen LogP contribution in [0, 0.1) is 11.8 Å². The number of aryl methyl sites for hydroxylation is 1. The number of hydrogen-bond donors (Lipinski definition) is 1. The summed E-state index contributed by atoms with van der Waals surface area (Å²) < 4.78 is 1.12. The first-order chi connectivity index (χ1) is 11.0. The molecule has 6 nitrogen and oxygen atoms in total. The van der Waals surface area contributed by atoms with Crippen molar-refractivity contribution in [1.82, 2.24) is 15.1 Å². The summed E-state index contributed by atoms with van der Waals surface area (Å²) in [6.07, 6.45) is 0. The van der Waals surface area contributed by atoms with Gasteiger partial charge >= 0.3 is 0 Å². The van der Waals surface area contributed by atoms with Crippen LogP contribution in [-0.2, 0) is 7.05 Å². The summed E-state index contributed by atoms with van der Waals surface area (Å²) in [4.78, 5) is 25.1. The maximum absolute atomic E-state index is 11.9. The molecule has 1 aromatic carbocycles. The van der Waals surface area contributed by atoms with E-state index < -0.39 is 0 Å².